The van der Waals surface area contributed by atoms with Crippen LogP contribution in [-0.4, -0.2) is 28.9 Å². The molecule has 2 amide bonds. The van der Waals surface area contributed by atoms with Gasteiger partial charge >= 0.3 is 0 Å². The van der Waals surface area contributed by atoms with Gasteiger partial charge in [0.2, 0.25) is 5.91 Å². The van der Waals surface area contributed by atoms with Crippen molar-refractivity contribution < 1.29 is 19.2 Å². The van der Waals surface area contributed by atoms with Gasteiger partial charge in [0.15, 0.2) is 12.2 Å². The lowest BCUT2D eigenvalue weighted by Gasteiger charge is -2.02. The van der Waals surface area contributed by atoms with Gasteiger partial charge in [0.1, 0.15) is 0 Å². The molecule has 1 aliphatic heterocycles. The molecule has 18 heavy (non-hydrogen) atoms. The van der Waals surface area contributed by atoms with Crippen molar-refractivity contribution in [2.45, 2.75) is 12.2 Å². The second kappa shape index (κ2) is 4.41. The first-order chi connectivity index (χ1) is 8.49. The summed E-state index contributed by atoms with van der Waals surface area (Å²) in [5.74, 6) is -1.20. The maximum absolute atomic E-state index is 11.5. The SMILES string of the molecule is NC(=O)C1OC1C(=O)Nc1ccc([N+](=O)[O-])cc1. The molecule has 1 fully saturated rings. The number of epoxide rings is 1. The van der Waals surface area contributed by atoms with Gasteiger partial charge in [-0.3, -0.25) is 19.7 Å². The quantitative estimate of drug-likeness (QED) is 0.434. The average molecular weight is 251 g/mol. The van der Waals surface area contributed by atoms with Crippen LogP contribution in [0.2, 0.25) is 0 Å². The van der Waals surface area contributed by atoms with Crippen LogP contribution in [0.3, 0.4) is 0 Å². The number of anilines is 1. The summed E-state index contributed by atoms with van der Waals surface area (Å²) >= 11 is 0. The first kappa shape index (κ1) is 12.0. The molecule has 3 N–H and O–H groups in total. The number of amides is 2. The summed E-state index contributed by atoms with van der Waals surface area (Å²) in [5, 5.41) is 12.9. The fraction of sp³-hybridized carbons (Fsp3) is 0.200. The number of rotatable bonds is 4. The monoisotopic (exact) mass is 251 g/mol. The predicted molar refractivity (Wildman–Crippen MR) is 59.6 cm³/mol. The molecule has 1 aromatic rings. The number of primary amides is 1. The first-order valence-electron chi connectivity index (χ1n) is 4.99. The first-order valence-corrected chi connectivity index (χ1v) is 4.99. The number of carbonyl (C=O) groups excluding carboxylic acids is 2. The van der Waals surface area contributed by atoms with Crippen LogP contribution in [0.25, 0.3) is 0 Å². The zero-order valence-electron chi connectivity index (χ0n) is 9.03. The molecular weight excluding hydrogens is 242 g/mol. The van der Waals surface area contributed by atoms with Crippen molar-refractivity contribution in [3.8, 4) is 0 Å². The minimum atomic E-state index is -0.886. The Hall–Kier alpha value is -2.48. The van der Waals surface area contributed by atoms with E-state index in [1.165, 1.54) is 24.3 Å². The Balaban J connectivity index is 1.96. The minimum absolute atomic E-state index is 0.0781. The van der Waals surface area contributed by atoms with E-state index in [1.54, 1.807) is 0 Å². The molecule has 0 aromatic heterocycles. The predicted octanol–water partition coefficient (Wildman–Crippen LogP) is -0.214. The summed E-state index contributed by atoms with van der Waals surface area (Å²) < 4.78 is 4.78. The lowest BCUT2D eigenvalue weighted by molar-refractivity contribution is -0.384. The second-order valence-electron chi connectivity index (χ2n) is 3.67. The number of benzene rings is 1. The lowest BCUT2D eigenvalue weighted by atomic mass is 10.2. The molecule has 8 nitrogen and oxygen atoms in total. The summed E-state index contributed by atoms with van der Waals surface area (Å²) in [6, 6.07) is 5.29. The molecule has 0 radical (unpaired) electrons. The zero-order chi connectivity index (χ0) is 13.3. The summed E-state index contributed by atoms with van der Waals surface area (Å²) in [7, 11) is 0. The maximum atomic E-state index is 11.5. The number of hydrogen-bond donors (Lipinski definition) is 2. The number of hydrogen-bond acceptors (Lipinski definition) is 5. The third-order valence-corrected chi connectivity index (χ3v) is 2.38. The molecule has 2 rings (SSSR count). The summed E-state index contributed by atoms with van der Waals surface area (Å²) in [6.07, 6.45) is -1.76. The van der Waals surface area contributed by atoms with Gasteiger partial charge in [-0.2, -0.15) is 0 Å². The molecule has 0 saturated carbocycles. The van der Waals surface area contributed by atoms with Crippen LogP contribution in [0.5, 0.6) is 0 Å². The molecule has 0 bridgehead atoms. The van der Waals surface area contributed by atoms with Crippen LogP contribution in [0.4, 0.5) is 11.4 Å². The third kappa shape index (κ3) is 2.43. The number of nitrogens with zero attached hydrogens (tertiary/aromatic N) is 1. The van der Waals surface area contributed by atoms with Gasteiger partial charge in [0.25, 0.3) is 11.6 Å². The number of nitrogens with two attached hydrogens (primary N) is 1. The Bertz CT molecular complexity index is 513. The highest BCUT2D eigenvalue weighted by Gasteiger charge is 2.49. The Morgan fingerprint density at radius 3 is 2.33 bits per heavy atom. The van der Waals surface area contributed by atoms with E-state index in [9.17, 15) is 19.7 Å². The van der Waals surface area contributed by atoms with Gasteiger partial charge < -0.3 is 15.8 Å². The van der Waals surface area contributed by atoms with Crippen molar-refractivity contribution in [3.63, 3.8) is 0 Å². The van der Waals surface area contributed by atoms with Crippen molar-refractivity contribution in [2.75, 3.05) is 5.32 Å². The van der Waals surface area contributed by atoms with E-state index in [-0.39, 0.29) is 5.69 Å². The van der Waals surface area contributed by atoms with E-state index in [0.717, 1.165) is 0 Å². The lowest BCUT2D eigenvalue weighted by Crippen LogP contribution is -2.26. The van der Waals surface area contributed by atoms with Crippen LogP contribution in [0.15, 0.2) is 24.3 Å². The molecule has 2 atom stereocenters. The Labute approximate surface area is 101 Å². The largest absolute Gasteiger partial charge is 0.367 e. The van der Waals surface area contributed by atoms with Crippen LogP contribution in [0.1, 0.15) is 0 Å². The normalized spacial score (nSPS) is 21.1. The van der Waals surface area contributed by atoms with E-state index in [4.69, 9.17) is 10.5 Å². The van der Waals surface area contributed by atoms with Gasteiger partial charge in [0, 0.05) is 17.8 Å². The number of nitro groups is 1. The fourth-order valence-corrected chi connectivity index (χ4v) is 1.41. The zero-order valence-corrected chi connectivity index (χ0v) is 9.03. The van der Waals surface area contributed by atoms with Crippen LogP contribution in [-0.2, 0) is 14.3 Å². The molecule has 1 heterocycles. The standard InChI is InChI=1S/C10H9N3O5/c11-9(14)7-8(18-7)10(15)12-5-1-3-6(4-2-5)13(16)17/h1-4,7-8H,(H2,11,14)(H,12,15). The molecule has 1 saturated heterocycles. The number of non-ortho nitro benzene ring substituents is 1. The topological polar surface area (TPSA) is 128 Å². The molecular formula is C10H9N3O5. The van der Waals surface area contributed by atoms with Crippen molar-refractivity contribution in [2.24, 2.45) is 5.73 Å². The molecule has 94 valence electrons. The minimum Gasteiger partial charge on any atom is -0.367 e. The number of nitro benzene ring substituents is 1. The Kier molecular flexibility index (Phi) is 2.94. The van der Waals surface area contributed by atoms with Gasteiger partial charge in [-0.15, -0.1) is 0 Å². The smallest absolute Gasteiger partial charge is 0.269 e. The fourth-order valence-electron chi connectivity index (χ4n) is 1.41. The number of nitrogens with one attached hydrogen (secondary N) is 1. The van der Waals surface area contributed by atoms with Crippen molar-refractivity contribution in [3.05, 3.63) is 34.4 Å². The van der Waals surface area contributed by atoms with Gasteiger partial charge in [-0.1, -0.05) is 0 Å². The van der Waals surface area contributed by atoms with E-state index >= 15 is 0 Å². The van der Waals surface area contributed by atoms with Gasteiger partial charge in [0.05, 0.1) is 4.92 Å². The molecule has 0 spiro atoms. The highest BCUT2D eigenvalue weighted by molar-refractivity contribution is 6.01. The molecule has 1 aliphatic rings. The van der Waals surface area contributed by atoms with E-state index in [0.29, 0.717) is 5.69 Å². The summed E-state index contributed by atoms with van der Waals surface area (Å²) in [4.78, 5) is 32.1. The third-order valence-electron chi connectivity index (χ3n) is 2.38. The molecule has 1 aromatic carbocycles. The molecule has 8 heteroatoms. The Morgan fingerprint density at radius 1 is 1.28 bits per heavy atom. The molecule has 2 unspecified atom stereocenters. The van der Waals surface area contributed by atoms with E-state index in [2.05, 4.69) is 5.32 Å². The maximum Gasteiger partial charge on any atom is 0.269 e. The highest BCUT2D eigenvalue weighted by Crippen LogP contribution is 2.23. The van der Waals surface area contributed by atoms with Gasteiger partial charge in [-0.25, -0.2) is 0 Å². The van der Waals surface area contributed by atoms with Crippen LogP contribution >= 0.6 is 0 Å². The second-order valence-corrected chi connectivity index (χ2v) is 3.67. The van der Waals surface area contributed by atoms with Crippen LogP contribution in [0, 0.1) is 10.1 Å². The van der Waals surface area contributed by atoms with Crippen molar-refractivity contribution in [1.82, 2.24) is 0 Å². The highest BCUT2D eigenvalue weighted by atomic mass is 16.6. The summed E-state index contributed by atoms with van der Waals surface area (Å²) in [5.41, 5.74) is 5.25. The van der Waals surface area contributed by atoms with E-state index in [1.807, 2.05) is 0 Å². The van der Waals surface area contributed by atoms with Crippen molar-refractivity contribution >= 4 is 23.2 Å². The average Bonchev–Trinajstić information content (AvgIpc) is 3.09. The Morgan fingerprint density at radius 2 is 1.89 bits per heavy atom. The van der Waals surface area contributed by atoms with Gasteiger partial charge in [-0.05, 0) is 12.1 Å². The molecule has 0 aliphatic carbocycles. The van der Waals surface area contributed by atoms with Crippen molar-refractivity contribution in [1.29, 1.82) is 0 Å². The van der Waals surface area contributed by atoms with Crippen LogP contribution < -0.4 is 11.1 Å². The summed E-state index contributed by atoms with van der Waals surface area (Å²) in [6.45, 7) is 0. The number of carbonyl (C=O) groups is 2. The number of ether oxygens (including phenoxy) is 1. The van der Waals surface area contributed by atoms with E-state index < -0.39 is 28.9 Å².